The first-order chi connectivity index (χ1) is 9.34. The molecule has 2 aromatic heterocycles. The number of anilines is 1. The maximum Gasteiger partial charge on any atom is 0.132 e. The van der Waals surface area contributed by atoms with Crippen molar-refractivity contribution in [3.8, 4) is 11.3 Å². The lowest BCUT2D eigenvalue weighted by Crippen LogP contribution is -2.22. The quantitative estimate of drug-likeness (QED) is 0.913. The van der Waals surface area contributed by atoms with Crippen LogP contribution in [0.5, 0.6) is 0 Å². The summed E-state index contributed by atoms with van der Waals surface area (Å²) in [6, 6.07) is 3.87. The summed E-state index contributed by atoms with van der Waals surface area (Å²) in [6.45, 7) is 2.65. The number of aromatic nitrogens is 3. The highest BCUT2D eigenvalue weighted by Gasteiger charge is 2.17. The molecule has 0 aliphatic carbocycles. The van der Waals surface area contributed by atoms with Crippen LogP contribution in [0, 0.1) is 5.92 Å². The molecule has 1 saturated heterocycles. The van der Waals surface area contributed by atoms with Crippen molar-refractivity contribution in [3.63, 3.8) is 0 Å². The molecule has 0 bridgehead atoms. The number of nitrogen functional groups attached to an aromatic ring is 1. The number of ether oxygens (including phenoxy) is 1. The molecule has 0 amide bonds. The molecule has 5 heteroatoms. The summed E-state index contributed by atoms with van der Waals surface area (Å²) < 4.78 is 7.67. The molecule has 1 unspecified atom stereocenters. The van der Waals surface area contributed by atoms with Crippen LogP contribution >= 0.6 is 0 Å². The van der Waals surface area contributed by atoms with Crippen molar-refractivity contribution in [1.82, 2.24) is 14.5 Å². The fourth-order valence-corrected chi connectivity index (χ4v) is 2.55. The minimum absolute atomic E-state index is 0.546. The third kappa shape index (κ3) is 2.61. The Bertz CT molecular complexity index is 546. The van der Waals surface area contributed by atoms with Gasteiger partial charge in [-0.2, -0.15) is 0 Å². The predicted molar refractivity (Wildman–Crippen MR) is 73.4 cm³/mol. The highest BCUT2D eigenvalue weighted by atomic mass is 16.5. The van der Waals surface area contributed by atoms with Gasteiger partial charge in [0.2, 0.25) is 0 Å². The molecular formula is C14H18N4O. The van der Waals surface area contributed by atoms with Gasteiger partial charge in [0.15, 0.2) is 0 Å². The van der Waals surface area contributed by atoms with E-state index in [4.69, 9.17) is 10.5 Å². The van der Waals surface area contributed by atoms with Crippen LogP contribution in [-0.2, 0) is 11.3 Å². The molecule has 0 saturated carbocycles. The zero-order valence-corrected chi connectivity index (χ0v) is 10.8. The first-order valence-electron chi connectivity index (χ1n) is 6.63. The summed E-state index contributed by atoms with van der Waals surface area (Å²) in [5.41, 5.74) is 7.90. The highest BCUT2D eigenvalue weighted by molar-refractivity contribution is 5.70. The zero-order chi connectivity index (χ0) is 13.1. The molecule has 1 atom stereocenters. The van der Waals surface area contributed by atoms with Crippen molar-refractivity contribution < 1.29 is 4.74 Å². The fraction of sp³-hybridized carbons (Fsp3) is 0.429. The van der Waals surface area contributed by atoms with E-state index in [0.717, 1.165) is 37.4 Å². The predicted octanol–water partition coefficient (Wildman–Crippen LogP) is 1.95. The second kappa shape index (κ2) is 5.40. The van der Waals surface area contributed by atoms with Crippen molar-refractivity contribution in [2.24, 2.45) is 5.92 Å². The van der Waals surface area contributed by atoms with Crippen molar-refractivity contribution in [2.75, 3.05) is 18.9 Å². The van der Waals surface area contributed by atoms with Crippen LogP contribution in [0.3, 0.4) is 0 Å². The lowest BCUT2D eigenvalue weighted by atomic mass is 10.0. The van der Waals surface area contributed by atoms with Gasteiger partial charge in [0.05, 0.1) is 24.8 Å². The van der Waals surface area contributed by atoms with E-state index in [-0.39, 0.29) is 0 Å². The van der Waals surface area contributed by atoms with Gasteiger partial charge < -0.3 is 15.0 Å². The Morgan fingerprint density at radius 3 is 3.21 bits per heavy atom. The third-order valence-electron chi connectivity index (χ3n) is 3.54. The van der Waals surface area contributed by atoms with E-state index in [1.807, 2.05) is 24.7 Å². The molecule has 3 heterocycles. The minimum Gasteiger partial charge on any atom is -0.383 e. The SMILES string of the molecule is Nc1ncccc1-c1cncn1CC1CCCOC1. The summed E-state index contributed by atoms with van der Waals surface area (Å²) in [5, 5.41) is 0. The van der Waals surface area contributed by atoms with Gasteiger partial charge in [-0.15, -0.1) is 0 Å². The van der Waals surface area contributed by atoms with Crippen molar-refractivity contribution in [3.05, 3.63) is 30.9 Å². The summed E-state index contributed by atoms with van der Waals surface area (Å²) in [6.07, 6.45) is 7.76. The standard InChI is InChI=1S/C14H18N4O/c15-14-12(4-1-5-17-14)13-7-16-10-18(13)8-11-3-2-6-19-9-11/h1,4-5,7,10-11H,2-3,6,8-9H2,(H2,15,17). The van der Waals surface area contributed by atoms with Crippen LogP contribution in [0.15, 0.2) is 30.9 Å². The van der Waals surface area contributed by atoms with Gasteiger partial charge in [0.1, 0.15) is 5.82 Å². The topological polar surface area (TPSA) is 66.0 Å². The number of pyridine rings is 1. The van der Waals surface area contributed by atoms with Crippen LogP contribution < -0.4 is 5.73 Å². The Hall–Kier alpha value is -1.88. The molecule has 0 radical (unpaired) electrons. The number of hydrogen-bond donors (Lipinski definition) is 1. The molecule has 5 nitrogen and oxygen atoms in total. The average Bonchev–Trinajstić information content (AvgIpc) is 2.88. The molecule has 1 aliphatic heterocycles. The van der Waals surface area contributed by atoms with E-state index in [1.165, 1.54) is 6.42 Å². The number of nitrogens with zero attached hydrogens (tertiary/aromatic N) is 3. The lowest BCUT2D eigenvalue weighted by Gasteiger charge is -2.23. The van der Waals surface area contributed by atoms with E-state index in [0.29, 0.717) is 11.7 Å². The maximum atomic E-state index is 5.94. The summed E-state index contributed by atoms with van der Waals surface area (Å²) in [5.74, 6) is 1.10. The van der Waals surface area contributed by atoms with Crippen molar-refractivity contribution in [2.45, 2.75) is 19.4 Å². The number of imidazole rings is 1. The Kier molecular flexibility index (Phi) is 3.46. The van der Waals surface area contributed by atoms with E-state index in [2.05, 4.69) is 14.5 Å². The van der Waals surface area contributed by atoms with Gasteiger partial charge in [-0.05, 0) is 25.0 Å². The second-order valence-corrected chi connectivity index (χ2v) is 4.95. The Labute approximate surface area is 112 Å². The molecule has 2 aromatic rings. The van der Waals surface area contributed by atoms with Gasteiger partial charge in [0, 0.05) is 30.8 Å². The zero-order valence-electron chi connectivity index (χ0n) is 10.8. The molecule has 1 aliphatic rings. The summed E-state index contributed by atoms with van der Waals surface area (Å²) in [7, 11) is 0. The molecular weight excluding hydrogens is 240 g/mol. The summed E-state index contributed by atoms with van der Waals surface area (Å²) >= 11 is 0. The smallest absolute Gasteiger partial charge is 0.132 e. The Balaban J connectivity index is 1.84. The first kappa shape index (κ1) is 12.2. The maximum absolute atomic E-state index is 5.94. The van der Waals surface area contributed by atoms with Gasteiger partial charge in [-0.3, -0.25) is 0 Å². The van der Waals surface area contributed by atoms with Gasteiger partial charge in [-0.1, -0.05) is 0 Å². The summed E-state index contributed by atoms with van der Waals surface area (Å²) in [4.78, 5) is 8.38. The van der Waals surface area contributed by atoms with Crippen LogP contribution in [0.2, 0.25) is 0 Å². The first-order valence-corrected chi connectivity index (χ1v) is 6.63. The van der Waals surface area contributed by atoms with E-state index in [9.17, 15) is 0 Å². The molecule has 19 heavy (non-hydrogen) atoms. The number of rotatable bonds is 3. The van der Waals surface area contributed by atoms with Crippen LogP contribution in [0.4, 0.5) is 5.82 Å². The molecule has 1 fully saturated rings. The van der Waals surface area contributed by atoms with Crippen LogP contribution in [0.25, 0.3) is 11.3 Å². The van der Waals surface area contributed by atoms with Crippen molar-refractivity contribution >= 4 is 5.82 Å². The highest BCUT2D eigenvalue weighted by Crippen LogP contribution is 2.25. The Morgan fingerprint density at radius 1 is 1.47 bits per heavy atom. The van der Waals surface area contributed by atoms with Crippen molar-refractivity contribution in [1.29, 1.82) is 0 Å². The molecule has 0 aromatic carbocycles. The van der Waals surface area contributed by atoms with E-state index in [1.54, 1.807) is 6.20 Å². The molecule has 100 valence electrons. The lowest BCUT2D eigenvalue weighted by molar-refractivity contribution is 0.0485. The Morgan fingerprint density at radius 2 is 2.42 bits per heavy atom. The third-order valence-corrected chi connectivity index (χ3v) is 3.54. The molecule has 3 rings (SSSR count). The minimum atomic E-state index is 0.546. The van der Waals surface area contributed by atoms with E-state index < -0.39 is 0 Å². The monoisotopic (exact) mass is 258 g/mol. The van der Waals surface area contributed by atoms with Gasteiger partial charge >= 0.3 is 0 Å². The normalized spacial score (nSPS) is 19.5. The second-order valence-electron chi connectivity index (χ2n) is 4.95. The number of hydrogen-bond acceptors (Lipinski definition) is 4. The van der Waals surface area contributed by atoms with Gasteiger partial charge in [-0.25, -0.2) is 9.97 Å². The largest absolute Gasteiger partial charge is 0.383 e. The number of nitrogens with two attached hydrogens (primary N) is 1. The van der Waals surface area contributed by atoms with Gasteiger partial charge in [0.25, 0.3) is 0 Å². The van der Waals surface area contributed by atoms with Crippen LogP contribution in [0.1, 0.15) is 12.8 Å². The van der Waals surface area contributed by atoms with Crippen LogP contribution in [-0.4, -0.2) is 27.7 Å². The van der Waals surface area contributed by atoms with E-state index >= 15 is 0 Å². The molecule has 0 spiro atoms. The fourth-order valence-electron chi connectivity index (χ4n) is 2.55. The average molecular weight is 258 g/mol. The molecule has 2 N–H and O–H groups in total.